The SMILES string of the molecule is CN1[C@@H]2CC[C@H]1CC(OC(=O)C(COc1ccccc1)c1ccccc1)C2. The smallest absolute Gasteiger partial charge is 0.317 e. The number of fused-ring (bicyclic) bond motifs is 2. The van der Waals surface area contributed by atoms with E-state index in [0.717, 1.165) is 24.2 Å². The summed E-state index contributed by atoms with van der Waals surface area (Å²) in [5.41, 5.74) is 0.939. The van der Waals surface area contributed by atoms with Gasteiger partial charge in [0.2, 0.25) is 0 Å². The minimum Gasteiger partial charge on any atom is -0.492 e. The first-order valence-corrected chi connectivity index (χ1v) is 9.86. The van der Waals surface area contributed by atoms with E-state index in [4.69, 9.17) is 9.47 Å². The molecule has 0 N–H and O–H groups in total. The average molecular weight is 365 g/mol. The monoisotopic (exact) mass is 365 g/mol. The average Bonchev–Trinajstić information content (AvgIpc) is 2.91. The van der Waals surface area contributed by atoms with Gasteiger partial charge in [-0.2, -0.15) is 0 Å². The molecular weight excluding hydrogens is 338 g/mol. The molecule has 0 aliphatic carbocycles. The van der Waals surface area contributed by atoms with E-state index in [-0.39, 0.29) is 18.7 Å². The Bertz CT molecular complexity index is 735. The van der Waals surface area contributed by atoms with Crippen LogP contribution in [0.15, 0.2) is 60.7 Å². The Hall–Kier alpha value is -2.33. The summed E-state index contributed by atoms with van der Waals surface area (Å²) < 4.78 is 11.9. The number of esters is 1. The number of hydrogen-bond donors (Lipinski definition) is 0. The van der Waals surface area contributed by atoms with Crippen molar-refractivity contribution in [2.75, 3.05) is 13.7 Å². The molecule has 2 fully saturated rings. The molecule has 142 valence electrons. The molecule has 4 nitrogen and oxygen atoms in total. The van der Waals surface area contributed by atoms with Gasteiger partial charge in [-0.15, -0.1) is 0 Å². The maximum atomic E-state index is 13.0. The lowest BCUT2D eigenvalue weighted by Gasteiger charge is -2.36. The predicted molar refractivity (Wildman–Crippen MR) is 105 cm³/mol. The molecule has 2 aliphatic heterocycles. The third-order valence-electron chi connectivity index (χ3n) is 5.98. The molecule has 2 aliphatic rings. The van der Waals surface area contributed by atoms with Gasteiger partial charge >= 0.3 is 5.97 Å². The van der Waals surface area contributed by atoms with Crippen LogP contribution >= 0.6 is 0 Å². The molecule has 2 saturated heterocycles. The van der Waals surface area contributed by atoms with Crippen molar-refractivity contribution in [3.8, 4) is 5.75 Å². The van der Waals surface area contributed by atoms with Crippen molar-refractivity contribution >= 4 is 5.97 Å². The lowest BCUT2D eigenvalue weighted by Crippen LogP contribution is -2.44. The molecule has 2 aromatic carbocycles. The van der Waals surface area contributed by atoms with Crippen molar-refractivity contribution in [2.24, 2.45) is 0 Å². The zero-order valence-electron chi connectivity index (χ0n) is 15.8. The Balaban J connectivity index is 1.44. The van der Waals surface area contributed by atoms with E-state index in [0.29, 0.717) is 12.1 Å². The summed E-state index contributed by atoms with van der Waals surface area (Å²) in [5.74, 6) is 0.179. The fraction of sp³-hybridized carbons (Fsp3) is 0.435. The minimum absolute atomic E-state index is 0.0223. The molecule has 0 radical (unpaired) electrons. The Morgan fingerprint density at radius 1 is 1.00 bits per heavy atom. The predicted octanol–water partition coefficient (Wildman–Crippen LogP) is 4.02. The highest BCUT2D eigenvalue weighted by Gasteiger charge is 2.40. The molecule has 0 aromatic heterocycles. The van der Waals surface area contributed by atoms with Gasteiger partial charge in [0.1, 0.15) is 24.4 Å². The van der Waals surface area contributed by atoms with Crippen LogP contribution in [-0.2, 0) is 9.53 Å². The number of carbonyl (C=O) groups is 1. The quantitative estimate of drug-likeness (QED) is 0.725. The highest BCUT2D eigenvalue weighted by molar-refractivity contribution is 5.78. The van der Waals surface area contributed by atoms with Gasteiger partial charge < -0.3 is 14.4 Å². The number of benzene rings is 2. The molecule has 4 heteroatoms. The van der Waals surface area contributed by atoms with Crippen LogP contribution in [0.25, 0.3) is 0 Å². The summed E-state index contributed by atoms with van der Waals surface area (Å²) in [6.07, 6.45) is 4.34. The van der Waals surface area contributed by atoms with Gasteiger partial charge in [0.25, 0.3) is 0 Å². The first kappa shape index (κ1) is 18.1. The maximum absolute atomic E-state index is 13.0. The van der Waals surface area contributed by atoms with E-state index in [1.54, 1.807) is 0 Å². The first-order chi connectivity index (χ1) is 13.2. The molecule has 4 atom stereocenters. The van der Waals surface area contributed by atoms with Crippen molar-refractivity contribution in [1.29, 1.82) is 0 Å². The lowest BCUT2D eigenvalue weighted by atomic mass is 9.98. The van der Waals surface area contributed by atoms with Crippen LogP contribution in [0.3, 0.4) is 0 Å². The van der Waals surface area contributed by atoms with Crippen LogP contribution in [0, 0.1) is 0 Å². The minimum atomic E-state index is -0.413. The molecule has 0 amide bonds. The zero-order chi connectivity index (χ0) is 18.6. The number of nitrogens with zero attached hydrogens (tertiary/aromatic N) is 1. The first-order valence-electron chi connectivity index (χ1n) is 9.86. The van der Waals surface area contributed by atoms with E-state index < -0.39 is 5.92 Å². The Morgan fingerprint density at radius 3 is 2.22 bits per heavy atom. The highest BCUT2D eigenvalue weighted by atomic mass is 16.5. The van der Waals surface area contributed by atoms with Gasteiger partial charge in [0, 0.05) is 12.1 Å². The van der Waals surface area contributed by atoms with Crippen molar-refractivity contribution in [2.45, 2.75) is 49.8 Å². The second-order valence-corrected chi connectivity index (χ2v) is 7.67. The van der Waals surface area contributed by atoms with Crippen LogP contribution in [-0.4, -0.2) is 42.7 Å². The molecule has 0 saturated carbocycles. The Kier molecular flexibility index (Phi) is 5.44. The van der Waals surface area contributed by atoms with Crippen molar-refractivity contribution in [3.63, 3.8) is 0 Å². The topological polar surface area (TPSA) is 38.8 Å². The standard InChI is InChI=1S/C23H27NO3/c1-24-18-12-13-19(24)15-21(14-18)27-23(25)22(17-8-4-2-5-9-17)16-26-20-10-6-3-7-11-20/h2-11,18-19,21-22H,12-16H2,1H3/t18-,19+,21?,22?. The third-order valence-corrected chi connectivity index (χ3v) is 5.98. The second-order valence-electron chi connectivity index (χ2n) is 7.67. The molecule has 2 unspecified atom stereocenters. The number of piperidine rings is 1. The summed E-state index contributed by atoms with van der Waals surface area (Å²) in [6.45, 7) is 0.284. The molecule has 27 heavy (non-hydrogen) atoms. The fourth-order valence-electron chi connectivity index (χ4n) is 4.39. The fourth-order valence-corrected chi connectivity index (χ4v) is 4.39. The summed E-state index contributed by atoms with van der Waals surface area (Å²) >= 11 is 0. The van der Waals surface area contributed by atoms with Crippen LogP contribution in [0.5, 0.6) is 5.75 Å². The normalized spacial score (nSPS) is 25.7. The summed E-state index contributed by atoms with van der Waals surface area (Å²) in [6, 6.07) is 20.5. The van der Waals surface area contributed by atoms with Gasteiger partial charge in [-0.3, -0.25) is 4.79 Å². The highest BCUT2D eigenvalue weighted by Crippen LogP contribution is 2.36. The van der Waals surface area contributed by atoms with E-state index in [2.05, 4.69) is 11.9 Å². The van der Waals surface area contributed by atoms with Gasteiger partial charge in [-0.05, 0) is 50.4 Å². The number of ether oxygens (including phenoxy) is 2. The summed E-state index contributed by atoms with van der Waals surface area (Å²) in [4.78, 5) is 15.5. The molecule has 0 spiro atoms. The van der Waals surface area contributed by atoms with Crippen LogP contribution in [0.2, 0.25) is 0 Å². The van der Waals surface area contributed by atoms with Crippen LogP contribution in [0.4, 0.5) is 0 Å². The largest absolute Gasteiger partial charge is 0.492 e. The van der Waals surface area contributed by atoms with E-state index in [1.807, 2.05) is 60.7 Å². The molecule has 4 rings (SSSR count). The van der Waals surface area contributed by atoms with Crippen LogP contribution in [0.1, 0.15) is 37.2 Å². The van der Waals surface area contributed by atoms with E-state index in [9.17, 15) is 4.79 Å². The number of hydrogen-bond acceptors (Lipinski definition) is 4. The summed E-state index contributed by atoms with van der Waals surface area (Å²) in [7, 11) is 2.20. The Morgan fingerprint density at radius 2 is 1.59 bits per heavy atom. The zero-order valence-corrected chi connectivity index (χ0v) is 15.8. The molecule has 2 heterocycles. The third kappa shape index (κ3) is 4.16. The number of carbonyl (C=O) groups excluding carboxylic acids is 1. The van der Waals surface area contributed by atoms with Crippen molar-refractivity contribution < 1.29 is 14.3 Å². The van der Waals surface area contributed by atoms with Gasteiger partial charge in [-0.25, -0.2) is 0 Å². The van der Waals surface area contributed by atoms with E-state index in [1.165, 1.54) is 12.8 Å². The van der Waals surface area contributed by atoms with Gasteiger partial charge in [0.15, 0.2) is 0 Å². The lowest BCUT2D eigenvalue weighted by molar-refractivity contribution is -0.155. The van der Waals surface area contributed by atoms with Crippen LogP contribution < -0.4 is 4.74 Å². The molecule has 2 bridgehead atoms. The molecular formula is C23H27NO3. The summed E-state index contributed by atoms with van der Waals surface area (Å²) in [5, 5.41) is 0. The molecule has 2 aromatic rings. The Labute approximate surface area is 161 Å². The van der Waals surface area contributed by atoms with Gasteiger partial charge in [-0.1, -0.05) is 48.5 Å². The maximum Gasteiger partial charge on any atom is 0.317 e. The van der Waals surface area contributed by atoms with E-state index >= 15 is 0 Å². The number of para-hydroxylation sites is 1. The van der Waals surface area contributed by atoms with Crippen molar-refractivity contribution in [3.05, 3.63) is 66.2 Å². The number of rotatable bonds is 6. The second kappa shape index (κ2) is 8.13. The van der Waals surface area contributed by atoms with Crippen molar-refractivity contribution in [1.82, 2.24) is 4.90 Å². The van der Waals surface area contributed by atoms with Gasteiger partial charge in [0.05, 0.1) is 0 Å².